The number of rotatable bonds is 6. The second-order valence-electron chi connectivity index (χ2n) is 5.68. The number of carbonyl (C=O) groups is 1. The minimum absolute atomic E-state index is 0.189. The van der Waals surface area contributed by atoms with Gasteiger partial charge in [-0.3, -0.25) is 4.79 Å². The summed E-state index contributed by atoms with van der Waals surface area (Å²) in [4.78, 5) is 14.9. The fourth-order valence-corrected chi connectivity index (χ4v) is 4.70. The van der Waals surface area contributed by atoms with Gasteiger partial charge >= 0.3 is 0 Å². The molecule has 0 saturated heterocycles. The van der Waals surface area contributed by atoms with E-state index in [1.54, 1.807) is 22.7 Å². The summed E-state index contributed by atoms with van der Waals surface area (Å²) >= 11 is 3.49. The third kappa shape index (κ3) is 3.95. The van der Waals surface area contributed by atoms with Crippen molar-refractivity contribution < 1.29 is 4.79 Å². The molecule has 1 aliphatic carbocycles. The number of carbonyl (C=O) groups excluding carboxylic acids is 1. The molecule has 1 fully saturated rings. The molecule has 0 spiro atoms. The highest BCUT2D eigenvalue weighted by atomic mass is 32.1. The molecule has 0 unspecified atom stereocenters. The summed E-state index contributed by atoms with van der Waals surface area (Å²) in [6.07, 6.45) is 6.54. The van der Waals surface area contributed by atoms with Crippen molar-refractivity contribution in [3.05, 3.63) is 44.8 Å². The van der Waals surface area contributed by atoms with Crippen molar-refractivity contribution in [3.63, 3.8) is 0 Å². The Bertz CT molecular complexity index is 541. The van der Waals surface area contributed by atoms with Crippen LogP contribution in [-0.4, -0.2) is 5.91 Å². The average Bonchev–Trinajstić information content (AvgIpc) is 3.26. The number of hydrogen-bond donors (Lipinski definition) is 1. The Morgan fingerprint density at radius 2 is 1.95 bits per heavy atom. The lowest BCUT2D eigenvalue weighted by Crippen LogP contribution is -2.32. The second-order valence-corrected chi connectivity index (χ2v) is 7.70. The topological polar surface area (TPSA) is 29.1 Å². The Morgan fingerprint density at radius 3 is 2.62 bits per heavy atom. The smallest absolute Gasteiger partial charge is 0.220 e. The van der Waals surface area contributed by atoms with Crippen molar-refractivity contribution in [2.75, 3.05) is 0 Å². The van der Waals surface area contributed by atoms with Gasteiger partial charge in [0.15, 0.2) is 0 Å². The molecule has 0 bridgehead atoms. The Kier molecular flexibility index (Phi) is 5.09. The number of nitrogens with one attached hydrogen (secondary N) is 1. The van der Waals surface area contributed by atoms with Gasteiger partial charge in [0, 0.05) is 16.2 Å². The third-order valence-electron chi connectivity index (χ3n) is 4.22. The molecule has 2 heterocycles. The van der Waals surface area contributed by atoms with E-state index < -0.39 is 0 Å². The van der Waals surface area contributed by atoms with E-state index in [1.807, 2.05) is 6.07 Å². The van der Waals surface area contributed by atoms with Gasteiger partial charge in [-0.15, -0.1) is 22.7 Å². The minimum atomic E-state index is 0.189. The van der Waals surface area contributed by atoms with Crippen LogP contribution in [-0.2, 0) is 11.2 Å². The molecular weight excluding hydrogens is 298 g/mol. The van der Waals surface area contributed by atoms with Crippen LogP contribution in [0.15, 0.2) is 35.0 Å². The molecule has 1 N–H and O–H groups in total. The zero-order valence-electron chi connectivity index (χ0n) is 12.1. The molecule has 112 valence electrons. The minimum Gasteiger partial charge on any atom is -0.348 e. The Balaban J connectivity index is 1.59. The van der Waals surface area contributed by atoms with Crippen LogP contribution >= 0.6 is 22.7 Å². The summed E-state index contributed by atoms with van der Waals surface area (Å²) in [5.74, 6) is 0.808. The van der Waals surface area contributed by atoms with Crippen molar-refractivity contribution in [1.29, 1.82) is 0 Å². The van der Waals surface area contributed by atoms with Crippen LogP contribution in [0.5, 0.6) is 0 Å². The van der Waals surface area contributed by atoms with Crippen LogP contribution in [0.3, 0.4) is 0 Å². The molecule has 1 saturated carbocycles. The summed E-state index contributed by atoms with van der Waals surface area (Å²) < 4.78 is 0. The molecule has 2 aromatic heterocycles. The standard InChI is InChI=1S/C17H21NOS2/c19-16(10-9-14-7-3-11-20-14)18-17(13-5-1-2-6-13)15-8-4-12-21-15/h3-4,7-8,11-13,17H,1-2,5-6,9-10H2,(H,18,19)/t17-/m1/s1. The molecule has 2 aromatic rings. The average molecular weight is 319 g/mol. The maximum atomic E-state index is 12.3. The highest BCUT2D eigenvalue weighted by molar-refractivity contribution is 7.10. The van der Waals surface area contributed by atoms with E-state index in [9.17, 15) is 4.79 Å². The first-order valence-electron chi connectivity index (χ1n) is 7.68. The SMILES string of the molecule is O=C(CCc1cccs1)N[C@@H](c1cccs1)C1CCCC1. The highest BCUT2D eigenvalue weighted by Gasteiger charge is 2.28. The van der Waals surface area contributed by atoms with Crippen molar-refractivity contribution in [1.82, 2.24) is 5.32 Å². The summed E-state index contributed by atoms with van der Waals surface area (Å²) in [5, 5.41) is 7.48. The monoisotopic (exact) mass is 319 g/mol. The first-order chi connectivity index (χ1) is 10.3. The zero-order valence-corrected chi connectivity index (χ0v) is 13.7. The molecule has 0 aromatic carbocycles. The van der Waals surface area contributed by atoms with Crippen molar-refractivity contribution in [2.24, 2.45) is 5.92 Å². The molecule has 1 amide bonds. The van der Waals surface area contributed by atoms with E-state index in [-0.39, 0.29) is 11.9 Å². The Morgan fingerprint density at radius 1 is 1.19 bits per heavy atom. The van der Waals surface area contributed by atoms with Gasteiger partial charge in [0.05, 0.1) is 6.04 Å². The Labute approximate surface area is 134 Å². The Hall–Kier alpha value is -1.13. The number of thiophene rings is 2. The van der Waals surface area contributed by atoms with Gasteiger partial charge in [-0.2, -0.15) is 0 Å². The molecule has 21 heavy (non-hydrogen) atoms. The lowest BCUT2D eigenvalue weighted by atomic mass is 9.96. The normalized spacial score (nSPS) is 17.0. The summed E-state index contributed by atoms with van der Waals surface area (Å²) in [6.45, 7) is 0. The molecular formula is C17H21NOS2. The molecule has 4 heteroatoms. The van der Waals surface area contributed by atoms with Crippen molar-refractivity contribution in [2.45, 2.75) is 44.6 Å². The van der Waals surface area contributed by atoms with Crippen LogP contribution in [0.4, 0.5) is 0 Å². The van der Waals surface area contributed by atoms with Crippen LogP contribution in [0.25, 0.3) is 0 Å². The van der Waals surface area contributed by atoms with Gasteiger partial charge in [0.2, 0.25) is 5.91 Å². The molecule has 0 aliphatic heterocycles. The summed E-state index contributed by atoms with van der Waals surface area (Å²) in [6, 6.07) is 8.62. The van der Waals surface area contributed by atoms with Gasteiger partial charge in [-0.1, -0.05) is 25.0 Å². The number of amides is 1. The van der Waals surface area contributed by atoms with E-state index in [1.165, 1.54) is 35.4 Å². The quantitative estimate of drug-likeness (QED) is 0.815. The third-order valence-corrected chi connectivity index (χ3v) is 6.11. The molecule has 1 aliphatic rings. The lowest BCUT2D eigenvalue weighted by molar-refractivity contribution is -0.122. The fraction of sp³-hybridized carbons (Fsp3) is 0.471. The summed E-state index contributed by atoms with van der Waals surface area (Å²) in [7, 11) is 0. The van der Waals surface area contributed by atoms with Crippen molar-refractivity contribution in [3.8, 4) is 0 Å². The highest BCUT2D eigenvalue weighted by Crippen LogP contribution is 2.37. The summed E-state index contributed by atoms with van der Waals surface area (Å²) in [5.41, 5.74) is 0. The maximum Gasteiger partial charge on any atom is 0.220 e. The van der Waals surface area contributed by atoms with Crippen LogP contribution < -0.4 is 5.32 Å². The van der Waals surface area contributed by atoms with Crippen LogP contribution in [0.2, 0.25) is 0 Å². The fourth-order valence-electron chi connectivity index (χ4n) is 3.12. The largest absolute Gasteiger partial charge is 0.348 e. The van der Waals surface area contributed by atoms with Crippen LogP contribution in [0.1, 0.15) is 47.9 Å². The number of aryl methyl sites for hydroxylation is 1. The van der Waals surface area contributed by atoms with Gasteiger partial charge in [-0.05, 0) is 48.1 Å². The first kappa shape index (κ1) is 14.8. The van der Waals surface area contributed by atoms with Crippen LogP contribution in [0, 0.1) is 5.92 Å². The van der Waals surface area contributed by atoms with Gasteiger partial charge in [0.25, 0.3) is 0 Å². The predicted octanol–water partition coefficient (Wildman–Crippen LogP) is 4.79. The van der Waals surface area contributed by atoms with E-state index in [0.717, 1.165) is 6.42 Å². The van der Waals surface area contributed by atoms with E-state index in [4.69, 9.17) is 0 Å². The van der Waals surface area contributed by atoms with Gasteiger partial charge in [-0.25, -0.2) is 0 Å². The molecule has 3 rings (SSSR count). The maximum absolute atomic E-state index is 12.3. The van der Waals surface area contributed by atoms with Crippen molar-refractivity contribution >= 4 is 28.6 Å². The molecule has 2 nitrogen and oxygen atoms in total. The molecule has 1 atom stereocenters. The zero-order chi connectivity index (χ0) is 14.5. The molecule has 0 radical (unpaired) electrons. The van der Waals surface area contributed by atoms with Gasteiger partial charge in [0.1, 0.15) is 0 Å². The number of hydrogen-bond acceptors (Lipinski definition) is 3. The van der Waals surface area contributed by atoms with Gasteiger partial charge < -0.3 is 5.32 Å². The second kappa shape index (κ2) is 7.23. The lowest BCUT2D eigenvalue weighted by Gasteiger charge is -2.23. The van der Waals surface area contributed by atoms with E-state index >= 15 is 0 Å². The van der Waals surface area contributed by atoms with E-state index in [0.29, 0.717) is 12.3 Å². The van der Waals surface area contributed by atoms with E-state index in [2.05, 4.69) is 34.3 Å². The first-order valence-corrected chi connectivity index (χ1v) is 9.44. The predicted molar refractivity (Wildman–Crippen MR) is 89.8 cm³/mol.